The molecular formula is C12H11FN2O2. The highest BCUT2D eigenvalue weighted by molar-refractivity contribution is 6.08. The van der Waals surface area contributed by atoms with E-state index in [-0.39, 0.29) is 41.4 Å². The van der Waals surface area contributed by atoms with Gasteiger partial charge in [-0.1, -0.05) is 12.1 Å². The second kappa shape index (κ2) is 3.29. The fraction of sp³-hybridized carbons (Fsp3) is 0.333. The fourth-order valence-electron chi connectivity index (χ4n) is 2.30. The Kier molecular flexibility index (Phi) is 1.98. The Hall–Kier alpha value is -1.91. The molecule has 0 radical (unpaired) electrons. The van der Waals surface area contributed by atoms with E-state index in [9.17, 15) is 14.0 Å². The maximum atomic E-state index is 13.6. The predicted molar refractivity (Wildman–Crippen MR) is 58.0 cm³/mol. The lowest BCUT2D eigenvalue weighted by molar-refractivity contribution is -0.142. The van der Waals surface area contributed by atoms with Crippen LogP contribution in [0.1, 0.15) is 12.0 Å². The number of nitrogen functional groups attached to an aromatic ring is 1. The van der Waals surface area contributed by atoms with Gasteiger partial charge in [0.1, 0.15) is 0 Å². The fourth-order valence-corrected chi connectivity index (χ4v) is 2.30. The first-order valence-corrected chi connectivity index (χ1v) is 5.47. The Balaban J connectivity index is 1.86. The average molecular weight is 234 g/mol. The third kappa shape index (κ3) is 1.42. The highest BCUT2D eigenvalue weighted by atomic mass is 19.1. The number of amides is 2. The van der Waals surface area contributed by atoms with Crippen molar-refractivity contribution in [2.24, 2.45) is 11.8 Å². The first-order valence-electron chi connectivity index (χ1n) is 5.47. The van der Waals surface area contributed by atoms with E-state index in [4.69, 9.17) is 5.73 Å². The molecule has 5 heteroatoms. The molecule has 2 fully saturated rings. The molecule has 1 saturated heterocycles. The van der Waals surface area contributed by atoms with Gasteiger partial charge in [-0.3, -0.25) is 14.5 Å². The molecule has 0 aromatic heterocycles. The maximum absolute atomic E-state index is 13.6. The van der Waals surface area contributed by atoms with Crippen LogP contribution in [0.2, 0.25) is 0 Å². The zero-order valence-corrected chi connectivity index (χ0v) is 9.02. The van der Waals surface area contributed by atoms with Crippen molar-refractivity contribution >= 4 is 17.5 Å². The van der Waals surface area contributed by atoms with E-state index in [1.807, 2.05) is 0 Å². The van der Waals surface area contributed by atoms with Crippen molar-refractivity contribution in [3.05, 3.63) is 29.6 Å². The number of nitrogens with two attached hydrogens (primary N) is 1. The predicted octanol–water partition coefficient (Wildman–Crippen LogP) is 0.913. The van der Waals surface area contributed by atoms with Crippen LogP contribution >= 0.6 is 0 Å². The number of piperidine rings is 1. The first-order chi connectivity index (χ1) is 8.09. The minimum Gasteiger partial charge on any atom is -0.396 e. The summed E-state index contributed by atoms with van der Waals surface area (Å²) in [4.78, 5) is 24.6. The molecule has 1 aliphatic carbocycles. The van der Waals surface area contributed by atoms with E-state index in [2.05, 4.69) is 0 Å². The highest BCUT2D eigenvalue weighted by Gasteiger charge is 2.58. The number of carbonyl (C=O) groups is 2. The molecule has 1 aromatic rings. The van der Waals surface area contributed by atoms with Crippen LogP contribution in [-0.4, -0.2) is 16.7 Å². The third-order valence-corrected chi connectivity index (χ3v) is 3.39. The van der Waals surface area contributed by atoms with Gasteiger partial charge < -0.3 is 5.73 Å². The molecule has 3 rings (SSSR count). The second-order valence-corrected chi connectivity index (χ2v) is 4.53. The molecular weight excluding hydrogens is 223 g/mol. The van der Waals surface area contributed by atoms with Gasteiger partial charge in [-0.25, -0.2) is 4.39 Å². The lowest BCUT2D eigenvalue weighted by Crippen LogP contribution is -2.32. The zero-order chi connectivity index (χ0) is 12.2. The number of likely N-dealkylation sites (tertiary alicyclic amines) is 1. The smallest absolute Gasteiger partial charge is 0.233 e. The average Bonchev–Trinajstić information content (AvgIpc) is 3.05. The van der Waals surface area contributed by atoms with E-state index in [0.717, 1.165) is 4.90 Å². The van der Waals surface area contributed by atoms with Crippen LogP contribution < -0.4 is 5.73 Å². The topological polar surface area (TPSA) is 63.4 Å². The number of carbonyl (C=O) groups excluding carboxylic acids is 2. The molecule has 2 unspecified atom stereocenters. The van der Waals surface area contributed by atoms with Crippen LogP contribution in [0.15, 0.2) is 18.2 Å². The Morgan fingerprint density at radius 1 is 1.29 bits per heavy atom. The van der Waals surface area contributed by atoms with Crippen LogP contribution in [0, 0.1) is 17.7 Å². The summed E-state index contributed by atoms with van der Waals surface area (Å²) in [5.41, 5.74) is 5.76. The monoisotopic (exact) mass is 234 g/mol. The number of halogens is 1. The third-order valence-electron chi connectivity index (χ3n) is 3.39. The van der Waals surface area contributed by atoms with Gasteiger partial charge in [-0.05, 0) is 12.5 Å². The van der Waals surface area contributed by atoms with E-state index < -0.39 is 5.82 Å². The number of hydrogen-bond donors (Lipinski definition) is 1. The molecule has 1 aliphatic heterocycles. The summed E-state index contributed by atoms with van der Waals surface area (Å²) in [6.45, 7) is -0.0124. The minimum atomic E-state index is -0.548. The largest absolute Gasteiger partial charge is 0.396 e. The van der Waals surface area contributed by atoms with Crippen LogP contribution in [0.25, 0.3) is 0 Å². The number of fused-ring (bicyclic) bond motifs is 1. The van der Waals surface area contributed by atoms with Gasteiger partial charge in [-0.2, -0.15) is 0 Å². The van der Waals surface area contributed by atoms with Gasteiger partial charge in [0.15, 0.2) is 5.82 Å². The summed E-state index contributed by atoms with van der Waals surface area (Å²) in [5.74, 6) is -1.20. The van der Waals surface area contributed by atoms with E-state index in [0.29, 0.717) is 6.42 Å². The van der Waals surface area contributed by atoms with Crippen molar-refractivity contribution < 1.29 is 14.0 Å². The molecule has 2 atom stereocenters. The summed E-state index contributed by atoms with van der Waals surface area (Å²) < 4.78 is 13.6. The van der Waals surface area contributed by atoms with Crippen LogP contribution in [0.3, 0.4) is 0 Å². The number of rotatable bonds is 2. The molecule has 88 valence electrons. The quantitative estimate of drug-likeness (QED) is 0.611. The summed E-state index contributed by atoms with van der Waals surface area (Å²) in [6.07, 6.45) is 0.660. The molecule has 2 aliphatic rings. The number of imide groups is 1. The van der Waals surface area contributed by atoms with Crippen molar-refractivity contribution in [1.82, 2.24) is 4.90 Å². The van der Waals surface area contributed by atoms with Gasteiger partial charge in [0, 0.05) is 5.56 Å². The standard InChI is InChI=1S/C12H11FN2O2/c13-10-6(2-1-3-9(10)14)5-15-11(16)7-4-8(7)12(15)17/h1-3,7-8H,4-5,14H2. The molecule has 2 N–H and O–H groups in total. The molecule has 0 spiro atoms. The lowest BCUT2D eigenvalue weighted by atomic mass is 10.1. The molecule has 4 nitrogen and oxygen atoms in total. The van der Waals surface area contributed by atoms with Gasteiger partial charge in [0.05, 0.1) is 24.1 Å². The van der Waals surface area contributed by atoms with Crippen molar-refractivity contribution in [1.29, 1.82) is 0 Å². The summed E-state index contributed by atoms with van der Waals surface area (Å²) in [5, 5.41) is 0. The van der Waals surface area contributed by atoms with Crippen LogP contribution in [0.4, 0.5) is 10.1 Å². The normalized spacial score (nSPS) is 26.3. The summed E-state index contributed by atoms with van der Waals surface area (Å²) >= 11 is 0. The lowest BCUT2D eigenvalue weighted by Gasteiger charge is -2.17. The highest BCUT2D eigenvalue weighted by Crippen LogP contribution is 2.47. The van der Waals surface area contributed by atoms with E-state index in [1.165, 1.54) is 12.1 Å². The van der Waals surface area contributed by atoms with Gasteiger partial charge >= 0.3 is 0 Å². The number of anilines is 1. The number of hydrogen-bond acceptors (Lipinski definition) is 3. The molecule has 2 amide bonds. The summed E-state index contributed by atoms with van der Waals surface area (Å²) in [7, 11) is 0. The van der Waals surface area contributed by atoms with E-state index >= 15 is 0 Å². The Labute approximate surface area is 97.2 Å². The van der Waals surface area contributed by atoms with Crippen molar-refractivity contribution in [2.75, 3.05) is 5.73 Å². The SMILES string of the molecule is Nc1cccc(CN2C(=O)C3CC3C2=O)c1F. The molecule has 0 bridgehead atoms. The zero-order valence-electron chi connectivity index (χ0n) is 9.02. The Bertz CT molecular complexity index is 509. The van der Waals surface area contributed by atoms with Crippen LogP contribution in [0.5, 0.6) is 0 Å². The van der Waals surface area contributed by atoms with Crippen LogP contribution in [-0.2, 0) is 16.1 Å². The summed E-state index contributed by atoms with van der Waals surface area (Å²) in [6, 6.07) is 4.60. The Morgan fingerprint density at radius 2 is 1.94 bits per heavy atom. The van der Waals surface area contributed by atoms with Crippen molar-refractivity contribution in [2.45, 2.75) is 13.0 Å². The van der Waals surface area contributed by atoms with Crippen molar-refractivity contribution in [3.63, 3.8) is 0 Å². The van der Waals surface area contributed by atoms with Crippen molar-refractivity contribution in [3.8, 4) is 0 Å². The minimum absolute atomic E-state index is 0.0124. The van der Waals surface area contributed by atoms with Gasteiger partial charge in [0.2, 0.25) is 11.8 Å². The maximum Gasteiger partial charge on any atom is 0.233 e. The molecule has 1 aromatic carbocycles. The van der Waals surface area contributed by atoms with Gasteiger partial charge in [-0.15, -0.1) is 0 Å². The van der Waals surface area contributed by atoms with Gasteiger partial charge in [0.25, 0.3) is 0 Å². The molecule has 1 heterocycles. The number of nitrogens with zero attached hydrogens (tertiary/aromatic N) is 1. The van der Waals surface area contributed by atoms with E-state index in [1.54, 1.807) is 6.07 Å². The second-order valence-electron chi connectivity index (χ2n) is 4.53. The molecule has 17 heavy (non-hydrogen) atoms. The Morgan fingerprint density at radius 3 is 2.59 bits per heavy atom. The molecule has 1 saturated carbocycles. The first kappa shape index (κ1) is 10.3. The number of benzene rings is 1.